The smallest absolute Gasteiger partial charge is 0.270 e. The van der Waals surface area contributed by atoms with Gasteiger partial charge in [-0.05, 0) is 38.3 Å². The molecule has 0 saturated carbocycles. The van der Waals surface area contributed by atoms with Crippen LogP contribution in [0.25, 0.3) is 0 Å². The summed E-state index contributed by atoms with van der Waals surface area (Å²) in [4.78, 5) is 38.1. The van der Waals surface area contributed by atoms with Gasteiger partial charge in [-0.1, -0.05) is 0 Å². The molecule has 2 saturated heterocycles. The predicted molar refractivity (Wildman–Crippen MR) is 104 cm³/mol. The van der Waals surface area contributed by atoms with Crippen LogP contribution in [0.4, 0.5) is 0 Å². The van der Waals surface area contributed by atoms with E-state index in [1.165, 1.54) is 0 Å². The van der Waals surface area contributed by atoms with E-state index in [0.29, 0.717) is 26.1 Å². The van der Waals surface area contributed by atoms with Crippen LogP contribution in [0.2, 0.25) is 0 Å². The molecule has 2 fully saturated rings. The van der Waals surface area contributed by atoms with Crippen molar-refractivity contribution in [2.75, 3.05) is 19.6 Å². The van der Waals surface area contributed by atoms with E-state index in [4.69, 9.17) is 0 Å². The van der Waals surface area contributed by atoms with Crippen LogP contribution in [-0.4, -0.2) is 55.8 Å². The molecule has 2 aromatic rings. The molecule has 4 heterocycles. The minimum atomic E-state index is -0.0227. The summed E-state index contributed by atoms with van der Waals surface area (Å²) in [6, 6.07) is 3.77. The second-order valence-electron chi connectivity index (χ2n) is 8.23. The van der Waals surface area contributed by atoms with E-state index in [0.717, 1.165) is 42.9 Å². The van der Waals surface area contributed by atoms with Crippen LogP contribution in [0.15, 0.2) is 30.7 Å². The third kappa shape index (κ3) is 3.66. The van der Waals surface area contributed by atoms with Crippen LogP contribution in [0.5, 0.6) is 0 Å². The highest BCUT2D eigenvalue weighted by molar-refractivity contribution is 5.92. The Morgan fingerprint density at radius 3 is 2.79 bits per heavy atom. The zero-order valence-corrected chi connectivity index (χ0v) is 16.6. The zero-order chi connectivity index (χ0) is 19.7. The molecule has 0 N–H and O–H groups in total. The van der Waals surface area contributed by atoms with Crippen molar-refractivity contribution in [1.82, 2.24) is 24.3 Å². The number of carbonyl (C=O) groups is 2. The lowest BCUT2D eigenvalue weighted by atomic mass is 9.73. The number of piperidine rings is 2. The Balaban J connectivity index is 1.48. The maximum Gasteiger partial charge on any atom is 0.270 e. The van der Waals surface area contributed by atoms with E-state index < -0.39 is 0 Å². The van der Waals surface area contributed by atoms with E-state index in [2.05, 4.69) is 9.97 Å². The monoisotopic (exact) mass is 381 g/mol. The summed E-state index contributed by atoms with van der Waals surface area (Å²) < 4.78 is 1.87. The van der Waals surface area contributed by atoms with Crippen LogP contribution < -0.4 is 0 Å². The molecular formula is C21H27N5O2. The number of aromatic nitrogens is 3. The molecule has 0 bridgehead atoms. The molecule has 2 aliphatic heterocycles. The number of hydrogen-bond donors (Lipinski definition) is 0. The summed E-state index contributed by atoms with van der Waals surface area (Å²) in [7, 11) is 1.90. The number of amides is 2. The van der Waals surface area contributed by atoms with Gasteiger partial charge in [0.15, 0.2) is 0 Å². The van der Waals surface area contributed by atoms with Crippen LogP contribution in [0.1, 0.15) is 47.6 Å². The molecule has 7 heteroatoms. The fraction of sp³-hybridized carbons (Fsp3) is 0.524. The fourth-order valence-electron chi connectivity index (χ4n) is 4.50. The molecular weight excluding hydrogens is 354 g/mol. The van der Waals surface area contributed by atoms with Crippen molar-refractivity contribution in [2.45, 2.75) is 39.2 Å². The minimum absolute atomic E-state index is 0.0227. The Hall–Kier alpha value is -2.70. The largest absolute Gasteiger partial charge is 0.347 e. The topological polar surface area (TPSA) is 71.3 Å². The summed E-state index contributed by atoms with van der Waals surface area (Å²) in [5.41, 5.74) is 2.37. The van der Waals surface area contributed by atoms with Crippen LogP contribution in [0, 0.1) is 12.3 Å². The first-order valence-corrected chi connectivity index (χ1v) is 9.92. The first-order chi connectivity index (χ1) is 13.5. The van der Waals surface area contributed by atoms with Crippen molar-refractivity contribution in [3.05, 3.63) is 47.8 Å². The van der Waals surface area contributed by atoms with Gasteiger partial charge in [0, 0.05) is 50.9 Å². The van der Waals surface area contributed by atoms with Crippen LogP contribution in [0.3, 0.4) is 0 Å². The number of carbonyl (C=O) groups excluding carboxylic acids is 2. The molecule has 7 nitrogen and oxygen atoms in total. The van der Waals surface area contributed by atoms with Gasteiger partial charge in [-0.25, -0.2) is 0 Å². The molecule has 148 valence electrons. The van der Waals surface area contributed by atoms with Crippen molar-refractivity contribution < 1.29 is 9.59 Å². The molecule has 4 rings (SSSR count). The molecule has 0 aromatic carbocycles. The molecule has 2 aliphatic rings. The summed E-state index contributed by atoms with van der Waals surface area (Å²) in [5.74, 6) is 0.248. The third-order valence-corrected chi connectivity index (χ3v) is 6.05. The van der Waals surface area contributed by atoms with Crippen molar-refractivity contribution >= 4 is 11.8 Å². The summed E-state index contributed by atoms with van der Waals surface area (Å²) >= 11 is 0. The lowest BCUT2D eigenvalue weighted by molar-refractivity contribution is -0.139. The van der Waals surface area contributed by atoms with Gasteiger partial charge < -0.3 is 14.4 Å². The number of hydrogen-bond acceptors (Lipinski definition) is 4. The van der Waals surface area contributed by atoms with Crippen molar-refractivity contribution in [1.29, 1.82) is 0 Å². The Morgan fingerprint density at radius 2 is 2.07 bits per heavy atom. The standard InChI is InChI=1S/C21H27N5O2/c1-16-11-23-17(12-22-16)13-26-15-21(8-6-19(26)27)7-4-10-25(14-21)20(28)18-5-3-9-24(18)2/h3,5,9,11-12H,4,6-8,10,13-15H2,1-2H3. The maximum absolute atomic E-state index is 13.0. The molecule has 1 unspecified atom stereocenters. The van der Waals surface area contributed by atoms with Gasteiger partial charge in [0.05, 0.1) is 24.1 Å². The molecule has 1 atom stereocenters. The second kappa shape index (κ2) is 7.37. The van der Waals surface area contributed by atoms with Crippen molar-refractivity contribution in [2.24, 2.45) is 12.5 Å². The highest BCUT2D eigenvalue weighted by Gasteiger charge is 2.43. The first kappa shape index (κ1) is 18.7. The van der Waals surface area contributed by atoms with E-state index >= 15 is 0 Å². The van der Waals surface area contributed by atoms with Crippen LogP contribution in [-0.2, 0) is 18.4 Å². The highest BCUT2D eigenvalue weighted by atomic mass is 16.2. The Labute approximate surface area is 165 Å². The van der Waals surface area contributed by atoms with Gasteiger partial charge in [-0.3, -0.25) is 19.6 Å². The minimum Gasteiger partial charge on any atom is -0.347 e. The Kier molecular flexibility index (Phi) is 4.91. The highest BCUT2D eigenvalue weighted by Crippen LogP contribution is 2.39. The molecule has 2 amide bonds. The zero-order valence-electron chi connectivity index (χ0n) is 16.6. The van der Waals surface area contributed by atoms with E-state index in [9.17, 15) is 9.59 Å². The van der Waals surface area contributed by atoms with Gasteiger partial charge in [-0.2, -0.15) is 0 Å². The van der Waals surface area contributed by atoms with E-state index in [-0.39, 0.29) is 17.2 Å². The van der Waals surface area contributed by atoms with E-state index in [1.807, 2.05) is 46.7 Å². The Bertz CT molecular complexity index is 875. The number of nitrogens with zero attached hydrogens (tertiary/aromatic N) is 5. The molecule has 28 heavy (non-hydrogen) atoms. The molecule has 1 spiro atoms. The number of rotatable bonds is 3. The quantitative estimate of drug-likeness (QED) is 0.817. The van der Waals surface area contributed by atoms with Gasteiger partial charge in [0.25, 0.3) is 5.91 Å². The molecule has 0 aliphatic carbocycles. The first-order valence-electron chi connectivity index (χ1n) is 9.92. The van der Waals surface area contributed by atoms with Crippen molar-refractivity contribution in [3.63, 3.8) is 0 Å². The maximum atomic E-state index is 13.0. The number of aryl methyl sites for hydroxylation is 2. The summed E-state index contributed by atoms with van der Waals surface area (Å²) in [5, 5.41) is 0. The lowest BCUT2D eigenvalue weighted by Crippen LogP contribution is -2.55. The SMILES string of the molecule is Cc1cnc(CN2CC3(CCCN(C(=O)c4cccn4C)C3)CCC2=O)cn1. The third-order valence-electron chi connectivity index (χ3n) is 6.05. The molecule has 0 radical (unpaired) electrons. The van der Waals surface area contributed by atoms with E-state index in [1.54, 1.807) is 12.4 Å². The summed E-state index contributed by atoms with van der Waals surface area (Å²) in [6.45, 7) is 4.56. The normalized spacial score (nSPS) is 22.7. The van der Waals surface area contributed by atoms with Gasteiger partial charge >= 0.3 is 0 Å². The Morgan fingerprint density at radius 1 is 1.21 bits per heavy atom. The average Bonchev–Trinajstić information content (AvgIpc) is 3.12. The van der Waals surface area contributed by atoms with Crippen LogP contribution >= 0.6 is 0 Å². The predicted octanol–water partition coefficient (Wildman–Crippen LogP) is 2.17. The molecule has 2 aromatic heterocycles. The van der Waals surface area contributed by atoms with Crippen molar-refractivity contribution in [3.8, 4) is 0 Å². The fourth-order valence-corrected chi connectivity index (χ4v) is 4.50. The lowest BCUT2D eigenvalue weighted by Gasteiger charge is -2.48. The second-order valence-corrected chi connectivity index (χ2v) is 8.23. The number of likely N-dealkylation sites (tertiary alicyclic amines) is 2. The van der Waals surface area contributed by atoms with Gasteiger partial charge in [-0.15, -0.1) is 0 Å². The average molecular weight is 381 g/mol. The van der Waals surface area contributed by atoms with Gasteiger partial charge in [0.1, 0.15) is 5.69 Å². The summed E-state index contributed by atoms with van der Waals surface area (Å²) in [6.07, 6.45) is 8.78. The van der Waals surface area contributed by atoms with Gasteiger partial charge in [0.2, 0.25) is 5.91 Å².